The molecule has 1 unspecified atom stereocenters. The molecule has 0 aliphatic carbocycles. The molecule has 1 heterocycles. The van der Waals surface area contributed by atoms with Crippen molar-refractivity contribution in [3.8, 4) is 0 Å². The summed E-state index contributed by atoms with van der Waals surface area (Å²) in [5.74, 6) is 0. The van der Waals surface area contributed by atoms with E-state index >= 15 is 0 Å². The van der Waals surface area contributed by atoms with Crippen LogP contribution in [0.15, 0.2) is 48.5 Å². The number of aliphatic hydroxyl groups is 1. The van der Waals surface area contributed by atoms with Crippen LogP contribution in [-0.2, 0) is 0 Å². The van der Waals surface area contributed by atoms with E-state index in [1.54, 1.807) is 0 Å². The zero-order chi connectivity index (χ0) is 15.0. The van der Waals surface area contributed by atoms with Gasteiger partial charge in [0.1, 0.15) is 6.10 Å². The molecule has 0 fully saturated rings. The van der Waals surface area contributed by atoms with Crippen LogP contribution in [0.3, 0.4) is 0 Å². The largest absolute Gasteiger partial charge is 0.384 e. The first-order valence-electron chi connectivity index (χ1n) is 7.17. The Hall–Kier alpha value is -2.19. The fourth-order valence-electron chi connectivity index (χ4n) is 2.91. The minimum atomic E-state index is -0.629. The molecule has 0 radical (unpaired) electrons. The number of benzene rings is 2. The number of nitrogens with zero attached hydrogens (tertiary/aromatic N) is 1. The molecule has 0 bridgehead atoms. The number of para-hydroxylation sites is 1. The van der Waals surface area contributed by atoms with Crippen LogP contribution in [0.2, 0.25) is 0 Å². The van der Waals surface area contributed by atoms with Crippen molar-refractivity contribution in [2.45, 2.75) is 26.9 Å². The summed E-state index contributed by atoms with van der Waals surface area (Å²) >= 11 is 0. The van der Waals surface area contributed by atoms with Gasteiger partial charge in [-0.15, -0.1) is 0 Å². The summed E-state index contributed by atoms with van der Waals surface area (Å²) in [6.45, 7) is 6.07. The Labute approximate surface area is 125 Å². The van der Waals surface area contributed by atoms with Crippen LogP contribution in [0.4, 0.5) is 0 Å². The van der Waals surface area contributed by atoms with Gasteiger partial charge in [0.05, 0.1) is 5.52 Å². The topological polar surface area (TPSA) is 33.1 Å². The molecular formula is C19H19NO. The molecule has 2 heteroatoms. The SMILES string of the molecule is Cc1cc(C)cc(C(O)c2cc(C)nc3ccccc23)c1. The van der Waals surface area contributed by atoms with Gasteiger partial charge in [0, 0.05) is 11.1 Å². The molecule has 2 aromatic carbocycles. The normalized spacial score (nSPS) is 12.6. The summed E-state index contributed by atoms with van der Waals surface area (Å²) in [7, 11) is 0. The molecule has 3 aromatic rings. The first-order valence-corrected chi connectivity index (χ1v) is 7.17. The summed E-state index contributed by atoms with van der Waals surface area (Å²) in [6.07, 6.45) is -0.629. The smallest absolute Gasteiger partial charge is 0.105 e. The van der Waals surface area contributed by atoms with E-state index in [9.17, 15) is 5.11 Å². The van der Waals surface area contributed by atoms with Crippen LogP contribution in [0.5, 0.6) is 0 Å². The van der Waals surface area contributed by atoms with Gasteiger partial charge in [-0.25, -0.2) is 0 Å². The highest BCUT2D eigenvalue weighted by molar-refractivity contribution is 5.83. The van der Waals surface area contributed by atoms with Gasteiger partial charge >= 0.3 is 0 Å². The lowest BCUT2D eigenvalue weighted by atomic mass is 9.95. The first kappa shape index (κ1) is 13.8. The third-order valence-corrected chi connectivity index (χ3v) is 3.73. The number of hydrogen-bond donors (Lipinski definition) is 1. The second-order valence-electron chi connectivity index (χ2n) is 5.69. The molecule has 0 spiro atoms. The standard InChI is InChI=1S/C19H19NO/c1-12-8-13(2)10-15(9-12)19(21)17-11-14(3)20-18-7-5-4-6-16(17)18/h4-11,19,21H,1-3H3. The van der Waals surface area contributed by atoms with E-state index in [-0.39, 0.29) is 0 Å². The minimum Gasteiger partial charge on any atom is -0.384 e. The van der Waals surface area contributed by atoms with Crippen molar-refractivity contribution in [3.05, 3.63) is 76.5 Å². The van der Waals surface area contributed by atoms with E-state index in [1.165, 1.54) is 11.1 Å². The minimum absolute atomic E-state index is 0.629. The average Bonchev–Trinajstić information content (AvgIpc) is 2.44. The molecule has 106 valence electrons. The predicted octanol–water partition coefficient (Wildman–Crippen LogP) is 4.24. The second-order valence-corrected chi connectivity index (χ2v) is 5.69. The fourth-order valence-corrected chi connectivity index (χ4v) is 2.91. The number of rotatable bonds is 2. The highest BCUT2D eigenvalue weighted by atomic mass is 16.3. The van der Waals surface area contributed by atoms with Crippen molar-refractivity contribution in [3.63, 3.8) is 0 Å². The third-order valence-electron chi connectivity index (χ3n) is 3.73. The second kappa shape index (κ2) is 5.30. The van der Waals surface area contributed by atoms with Gasteiger partial charge < -0.3 is 5.11 Å². The van der Waals surface area contributed by atoms with Crippen molar-refractivity contribution in [1.29, 1.82) is 0 Å². The molecule has 21 heavy (non-hydrogen) atoms. The Morgan fingerprint density at radius 1 is 0.905 bits per heavy atom. The van der Waals surface area contributed by atoms with Gasteiger partial charge in [-0.1, -0.05) is 47.5 Å². The number of aryl methyl sites for hydroxylation is 3. The Morgan fingerprint density at radius 3 is 2.29 bits per heavy atom. The lowest BCUT2D eigenvalue weighted by Gasteiger charge is -2.16. The van der Waals surface area contributed by atoms with Crippen LogP contribution in [0.1, 0.15) is 34.1 Å². The summed E-state index contributed by atoms with van der Waals surface area (Å²) in [5, 5.41) is 11.8. The third kappa shape index (κ3) is 2.67. The zero-order valence-corrected chi connectivity index (χ0v) is 12.6. The lowest BCUT2D eigenvalue weighted by Crippen LogP contribution is -2.03. The predicted molar refractivity (Wildman–Crippen MR) is 86.5 cm³/mol. The van der Waals surface area contributed by atoms with Crippen molar-refractivity contribution < 1.29 is 5.11 Å². The van der Waals surface area contributed by atoms with Gasteiger partial charge in [-0.2, -0.15) is 0 Å². The van der Waals surface area contributed by atoms with Crippen molar-refractivity contribution >= 4 is 10.9 Å². The number of pyridine rings is 1. The van der Waals surface area contributed by atoms with Gasteiger partial charge in [-0.3, -0.25) is 4.98 Å². The summed E-state index contributed by atoms with van der Waals surface area (Å²) in [6, 6.07) is 16.1. The van der Waals surface area contributed by atoms with Crippen molar-refractivity contribution in [2.24, 2.45) is 0 Å². The molecule has 3 rings (SSSR count). The Kier molecular flexibility index (Phi) is 3.48. The van der Waals surface area contributed by atoms with E-state index < -0.39 is 6.10 Å². The number of aromatic nitrogens is 1. The maximum atomic E-state index is 10.8. The first-order chi connectivity index (χ1) is 10.0. The van der Waals surface area contributed by atoms with E-state index in [2.05, 4.69) is 24.9 Å². The monoisotopic (exact) mass is 277 g/mol. The molecule has 1 atom stereocenters. The van der Waals surface area contributed by atoms with E-state index in [4.69, 9.17) is 0 Å². The quantitative estimate of drug-likeness (QED) is 0.760. The summed E-state index contributed by atoms with van der Waals surface area (Å²) in [4.78, 5) is 4.54. The molecule has 0 saturated carbocycles. The van der Waals surface area contributed by atoms with Gasteiger partial charge in [0.15, 0.2) is 0 Å². The molecular weight excluding hydrogens is 258 g/mol. The number of hydrogen-bond acceptors (Lipinski definition) is 2. The molecule has 1 aromatic heterocycles. The van der Waals surface area contributed by atoms with Gasteiger partial charge in [0.25, 0.3) is 0 Å². The van der Waals surface area contributed by atoms with Crippen LogP contribution >= 0.6 is 0 Å². The van der Waals surface area contributed by atoms with Gasteiger partial charge in [-0.05, 0) is 44.0 Å². The van der Waals surface area contributed by atoms with E-state index in [1.807, 2.05) is 49.4 Å². The Bertz CT molecular complexity index is 788. The zero-order valence-electron chi connectivity index (χ0n) is 12.6. The van der Waals surface area contributed by atoms with Crippen LogP contribution in [-0.4, -0.2) is 10.1 Å². The lowest BCUT2D eigenvalue weighted by molar-refractivity contribution is 0.221. The number of fused-ring (bicyclic) bond motifs is 1. The fraction of sp³-hybridized carbons (Fsp3) is 0.211. The number of aliphatic hydroxyl groups excluding tert-OH is 1. The summed E-state index contributed by atoms with van der Waals surface area (Å²) < 4.78 is 0. The molecule has 0 aliphatic rings. The van der Waals surface area contributed by atoms with Crippen LogP contribution in [0.25, 0.3) is 10.9 Å². The van der Waals surface area contributed by atoms with Crippen LogP contribution in [0, 0.1) is 20.8 Å². The molecule has 1 N–H and O–H groups in total. The Morgan fingerprint density at radius 2 is 1.57 bits per heavy atom. The maximum Gasteiger partial charge on any atom is 0.105 e. The molecule has 0 amide bonds. The maximum absolute atomic E-state index is 10.8. The molecule has 0 aliphatic heterocycles. The average molecular weight is 277 g/mol. The summed E-state index contributed by atoms with van der Waals surface area (Å²) in [5.41, 5.74) is 6.03. The Balaban J connectivity index is 2.19. The van der Waals surface area contributed by atoms with E-state index in [0.29, 0.717) is 0 Å². The van der Waals surface area contributed by atoms with Crippen molar-refractivity contribution in [2.75, 3.05) is 0 Å². The van der Waals surface area contributed by atoms with Crippen molar-refractivity contribution in [1.82, 2.24) is 4.98 Å². The van der Waals surface area contributed by atoms with E-state index in [0.717, 1.165) is 27.7 Å². The highest BCUT2D eigenvalue weighted by Crippen LogP contribution is 2.29. The molecule has 2 nitrogen and oxygen atoms in total. The highest BCUT2D eigenvalue weighted by Gasteiger charge is 2.15. The van der Waals surface area contributed by atoms with Crippen LogP contribution < -0.4 is 0 Å². The molecule has 0 saturated heterocycles. The van der Waals surface area contributed by atoms with Gasteiger partial charge in [0.2, 0.25) is 0 Å².